The minimum atomic E-state index is -0.442. The fourth-order valence-corrected chi connectivity index (χ4v) is 3.37. The van der Waals surface area contributed by atoms with E-state index in [9.17, 15) is 14.7 Å². The van der Waals surface area contributed by atoms with Crippen molar-refractivity contribution in [3.8, 4) is 5.75 Å². The number of anilines is 2. The van der Waals surface area contributed by atoms with Crippen LogP contribution in [0.4, 0.5) is 16.4 Å². The molecule has 3 rings (SSSR count). The Morgan fingerprint density at radius 1 is 1.47 bits per heavy atom. The van der Waals surface area contributed by atoms with Crippen molar-refractivity contribution in [3.05, 3.63) is 40.2 Å². The standard InChI is InChI=1S/C20H23ClN4O5/c1-12(11-29-2)30-17-7-18(22-8-15(17)21)24-20(28)25-5-3-4-13-6-14(9-26)16(10-27)23-19(13)25/h6-8,10,12,26H,3-5,9,11H2,1-2H3,(H,22,24,28)/t12-/m0/s1. The van der Waals surface area contributed by atoms with Crippen LogP contribution < -0.4 is 15.0 Å². The van der Waals surface area contributed by atoms with Crippen molar-refractivity contribution < 1.29 is 24.2 Å². The number of nitrogens with zero attached hydrogens (tertiary/aromatic N) is 3. The first-order valence-corrected chi connectivity index (χ1v) is 9.83. The highest BCUT2D eigenvalue weighted by Crippen LogP contribution is 2.29. The summed E-state index contributed by atoms with van der Waals surface area (Å²) < 4.78 is 10.8. The molecule has 0 unspecified atom stereocenters. The lowest BCUT2D eigenvalue weighted by molar-refractivity contribution is 0.0921. The summed E-state index contributed by atoms with van der Waals surface area (Å²) in [4.78, 5) is 34.1. The summed E-state index contributed by atoms with van der Waals surface area (Å²) in [6, 6.07) is 2.81. The zero-order valence-electron chi connectivity index (χ0n) is 16.7. The van der Waals surface area contributed by atoms with Crippen LogP contribution in [-0.4, -0.2) is 53.8 Å². The predicted octanol–water partition coefficient (Wildman–Crippen LogP) is 2.83. The number of ether oxygens (including phenoxy) is 2. The first-order valence-electron chi connectivity index (χ1n) is 9.45. The molecule has 160 valence electrons. The van der Waals surface area contributed by atoms with Gasteiger partial charge in [-0.1, -0.05) is 11.6 Å². The van der Waals surface area contributed by atoms with Gasteiger partial charge in [-0.25, -0.2) is 14.8 Å². The first kappa shape index (κ1) is 21.9. The molecule has 1 aliphatic rings. The number of pyridine rings is 2. The molecule has 2 N–H and O–H groups in total. The van der Waals surface area contributed by atoms with E-state index in [-0.39, 0.29) is 24.2 Å². The summed E-state index contributed by atoms with van der Waals surface area (Å²) >= 11 is 6.14. The van der Waals surface area contributed by atoms with E-state index < -0.39 is 6.03 Å². The highest BCUT2D eigenvalue weighted by atomic mass is 35.5. The van der Waals surface area contributed by atoms with Crippen LogP contribution in [0.2, 0.25) is 5.02 Å². The van der Waals surface area contributed by atoms with E-state index in [1.54, 1.807) is 13.2 Å². The predicted molar refractivity (Wildman–Crippen MR) is 111 cm³/mol. The molecule has 0 aliphatic carbocycles. The van der Waals surface area contributed by atoms with Crippen molar-refractivity contribution in [2.75, 3.05) is 30.5 Å². The summed E-state index contributed by atoms with van der Waals surface area (Å²) in [5, 5.41) is 12.5. The van der Waals surface area contributed by atoms with E-state index in [2.05, 4.69) is 15.3 Å². The number of aliphatic hydroxyl groups excluding tert-OH is 1. The first-order chi connectivity index (χ1) is 14.5. The number of halogens is 1. The molecule has 2 aromatic heterocycles. The Hall–Kier alpha value is -2.75. The molecule has 10 heteroatoms. The van der Waals surface area contributed by atoms with Crippen LogP contribution in [0.3, 0.4) is 0 Å². The molecule has 0 radical (unpaired) electrons. The van der Waals surface area contributed by atoms with Gasteiger partial charge in [-0.3, -0.25) is 15.0 Å². The number of hydrogen-bond acceptors (Lipinski definition) is 7. The van der Waals surface area contributed by atoms with E-state index in [0.717, 1.165) is 12.0 Å². The second-order valence-electron chi connectivity index (χ2n) is 6.86. The van der Waals surface area contributed by atoms with Gasteiger partial charge >= 0.3 is 6.03 Å². The average molecular weight is 435 g/mol. The molecular weight excluding hydrogens is 412 g/mol. The second kappa shape index (κ2) is 9.84. The summed E-state index contributed by atoms with van der Waals surface area (Å²) in [6.07, 6.45) is 3.16. The molecule has 2 aromatic rings. The van der Waals surface area contributed by atoms with Gasteiger partial charge in [0.25, 0.3) is 0 Å². The number of aromatic nitrogens is 2. The van der Waals surface area contributed by atoms with Crippen molar-refractivity contribution in [1.82, 2.24) is 9.97 Å². The Morgan fingerprint density at radius 2 is 2.27 bits per heavy atom. The molecule has 0 fully saturated rings. The lowest BCUT2D eigenvalue weighted by Crippen LogP contribution is -2.39. The van der Waals surface area contributed by atoms with E-state index in [1.807, 2.05) is 6.92 Å². The number of fused-ring (bicyclic) bond motifs is 1. The maximum absolute atomic E-state index is 12.9. The lowest BCUT2D eigenvalue weighted by atomic mass is 10.0. The number of carbonyl (C=O) groups is 2. The second-order valence-corrected chi connectivity index (χ2v) is 7.27. The monoisotopic (exact) mass is 434 g/mol. The number of urea groups is 1. The van der Waals surface area contributed by atoms with Gasteiger partial charge in [0.2, 0.25) is 0 Å². The van der Waals surface area contributed by atoms with Crippen LogP contribution >= 0.6 is 11.6 Å². The van der Waals surface area contributed by atoms with Gasteiger partial charge in [0.05, 0.1) is 19.4 Å². The third kappa shape index (κ3) is 4.86. The van der Waals surface area contributed by atoms with Gasteiger partial charge in [0.1, 0.15) is 34.2 Å². The number of rotatable bonds is 7. The van der Waals surface area contributed by atoms with Crippen molar-refractivity contribution in [3.63, 3.8) is 0 Å². The number of aryl methyl sites for hydroxylation is 1. The molecule has 2 amide bonds. The fourth-order valence-electron chi connectivity index (χ4n) is 3.23. The Labute approximate surface area is 179 Å². The Kier molecular flexibility index (Phi) is 7.20. The van der Waals surface area contributed by atoms with Crippen LogP contribution in [0.25, 0.3) is 0 Å². The summed E-state index contributed by atoms with van der Waals surface area (Å²) in [6.45, 7) is 2.36. The van der Waals surface area contributed by atoms with Gasteiger partial charge in [-0.2, -0.15) is 0 Å². The molecule has 3 heterocycles. The van der Waals surface area contributed by atoms with Crippen LogP contribution in [-0.2, 0) is 17.8 Å². The molecule has 9 nitrogen and oxygen atoms in total. The normalized spacial score (nSPS) is 14.1. The van der Waals surface area contributed by atoms with Crippen molar-refractivity contribution in [2.24, 2.45) is 0 Å². The van der Waals surface area contributed by atoms with Gasteiger partial charge < -0.3 is 14.6 Å². The smallest absolute Gasteiger partial charge is 0.328 e. The lowest BCUT2D eigenvalue weighted by Gasteiger charge is -2.29. The fraction of sp³-hybridized carbons (Fsp3) is 0.400. The van der Waals surface area contributed by atoms with E-state index >= 15 is 0 Å². The molecule has 1 aliphatic heterocycles. The minimum absolute atomic E-state index is 0.114. The van der Waals surface area contributed by atoms with Crippen molar-refractivity contribution in [2.45, 2.75) is 32.5 Å². The van der Waals surface area contributed by atoms with E-state index in [4.69, 9.17) is 21.1 Å². The summed E-state index contributed by atoms with van der Waals surface area (Å²) in [5.74, 6) is 1.04. The quantitative estimate of drug-likeness (QED) is 0.644. The average Bonchev–Trinajstić information content (AvgIpc) is 2.74. The minimum Gasteiger partial charge on any atom is -0.487 e. The van der Waals surface area contributed by atoms with E-state index in [1.165, 1.54) is 17.2 Å². The largest absolute Gasteiger partial charge is 0.487 e. The third-order valence-electron chi connectivity index (χ3n) is 4.59. The zero-order valence-corrected chi connectivity index (χ0v) is 17.5. The Bertz CT molecular complexity index is 940. The Morgan fingerprint density at radius 3 is 2.97 bits per heavy atom. The van der Waals surface area contributed by atoms with E-state index in [0.29, 0.717) is 48.0 Å². The maximum Gasteiger partial charge on any atom is 0.328 e. The highest BCUT2D eigenvalue weighted by molar-refractivity contribution is 6.32. The topological polar surface area (TPSA) is 114 Å². The number of nitrogens with one attached hydrogen (secondary N) is 1. The van der Waals surface area contributed by atoms with Crippen molar-refractivity contribution >= 4 is 35.6 Å². The molecule has 0 aromatic carbocycles. The molecule has 0 bridgehead atoms. The number of aliphatic hydroxyl groups is 1. The van der Waals surface area contributed by atoms with Crippen LogP contribution in [0.1, 0.15) is 35.0 Å². The molecule has 0 saturated carbocycles. The molecule has 1 atom stereocenters. The van der Waals surface area contributed by atoms with Crippen LogP contribution in [0.15, 0.2) is 18.3 Å². The van der Waals surface area contributed by atoms with Crippen LogP contribution in [0, 0.1) is 0 Å². The van der Waals surface area contributed by atoms with Gasteiger partial charge in [-0.05, 0) is 31.4 Å². The number of aldehydes is 1. The molecule has 0 spiro atoms. The third-order valence-corrected chi connectivity index (χ3v) is 4.87. The number of carbonyl (C=O) groups excluding carboxylic acids is 2. The maximum atomic E-state index is 12.9. The number of amides is 2. The number of hydrogen-bond donors (Lipinski definition) is 2. The SMILES string of the molecule is COC[C@H](C)Oc1cc(NC(=O)N2CCCc3cc(CO)c(C=O)nc32)ncc1Cl. The molecule has 30 heavy (non-hydrogen) atoms. The van der Waals surface area contributed by atoms with Crippen molar-refractivity contribution in [1.29, 1.82) is 0 Å². The van der Waals surface area contributed by atoms with Gasteiger partial charge in [0.15, 0.2) is 6.29 Å². The summed E-state index contributed by atoms with van der Waals surface area (Å²) in [7, 11) is 1.57. The van der Waals surface area contributed by atoms with Gasteiger partial charge in [-0.15, -0.1) is 0 Å². The summed E-state index contributed by atoms with van der Waals surface area (Å²) in [5.41, 5.74) is 1.35. The molecule has 0 saturated heterocycles. The molecular formula is C20H23ClN4O5. The van der Waals surface area contributed by atoms with Crippen LogP contribution in [0.5, 0.6) is 5.75 Å². The number of methoxy groups -OCH3 is 1. The zero-order chi connectivity index (χ0) is 21.7. The van der Waals surface area contributed by atoms with Gasteiger partial charge in [0, 0.05) is 25.3 Å². The highest BCUT2D eigenvalue weighted by Gasteiger charge is 2.26. The Balaban J connectivity index is 1.81.